The van der Waals surface area contributed by atoms with E-state index in [2.05, 4.69) is 5.32 Å². The number of amides is 2. The van der Waals surface area contributed by atoms with E-state index < -0.39 is 17.8 Å². The van der Waals surface area contributed by atoms with Gasteiger partial charge in [-0.25, -0.2) is 0 Å². The second kappa shape index (κ2) is 9.03. The number of rotatable bonds is 8. The first-order valence-electron chi connectivity index (χ1n) is 8.73. The van der Waals surface area contributed by atoms with E-state index in [0.717, 1.165) is 18.4 Å². The Labute approximate surface area is 158 Å². The molecule has 1 N–H and O–H groups in total. The van der Waals surface area contributed by atoms with Crippen LogP contribution in [-0.2, 0) is 19.1 Å². The predicted octanol–water partition coefficient (Wildman–Crippen LogP) is 2.36. The summed E-state index contributed by atoms with van der Waals surface area (Å²) < 4.78 is 5.21. The molecule has 1 fully saturated rings. The second-order valence-electron chi connectivity index (χ2n) is 6.97. The number of esters is 1. The van der Waals surface area contributed by atoms with Crippen molar-refractivity contribution in [3.05, 3.63) is 34.9 Å². The van der Waals surface area contributed by atoms with Crippen molar-refractivity contribution in [2.75, 3.05) is 20.2 Å². The van der Waals surface area contributed by atoms with E-state index in [-0.39, 0.29) is 31.0 Å². The molecule has 0 bridgehead atoms. The summed E-state index contributed by atoms with van der Waals surface area (Å²) in [6, 6.07) is 7.25. The molecular weight excluding hydrogens is 356 g/mol. The summed E-state index contributed by atoms with van der Waals surface area (Å²) in [6.45, 7) is 3.40. The molecule has 0 heterocycles. The number of ether oxygens (including phenoxy) is 1. The van der Waals surface area contributed by atoms with Crippen LogP contribution in [0.1, 0.15) is 38.2 Å². The smallest absolute Gasteiger partial charge is 0.314 e. The van der Waals surface area contributed by atoms with Crippen LogP contribution in [0.2, 0.25) is 5.02 Å². The highest BCUT2D eigenvalue weighted by Gasteiger charge is 2.27. The number of nitrogens with one attached hydrogen (secondary N) is 1. The Morgan fingerprint density at radius 1 is 1.23 bits per heavy atom. The van der Waals surface area contributed by atoms with Crippen LogP contribution in [0.25, 0.3) is 0 Å². The molecule has 26 heavy (non-hydrogen) atoms. The molecule has 0 saturated heterocycles. The van der Waals surface area contributed by atoms with Gasteiger partial charge in [-0.1, -0.05) is 37.6 Å². The van der Waals surface area contributed by atoms with E-state index in [1.54, 1.807) is 24.3 Å². The largest absolute Gasteiger partial charge is 0.455 e. The molecule has 142 valence electrons. The molecule has 0 radical (unpaired) electrons. The Morgan fingerprint density at radius 3 is 2.38 bits per heavy atom. The van der Waals surface area contributed by atoms with Gasteiger partial charge in [0, 0.05) is 18.1 Å². The Morgan fingerprint density at radius 2 is 1.85 bits per heavy atom. The molecule has 2 rings (SSSR count). The maximum atomic E-state index is 12.5. The fraction of sp³-hybridized carbons (Fsp3) is 0.526. The van der Waals surface area contributed by atoms with Crippen LogP contribution in [0.15, 0.2) is 24.3 Å². The van der Waals surface area contributed by atoms with Gasteiger partial charge < -0.3 is 15.0 Å². The fourth-order valence-electron chi connectivity index (χ4n) is 2.60. The number of carbonyl (C=O) groups is 3. The normalized spacial score (nSPS) is 14.7. The van der Waals surface area contributed by atoms with Crippen molar-refractivity contribution >= 4 is 29.4 Å². The molecule has 0 aromatic heterocycles. The van der Waals surface area contributed by atoms with Crippen molar-refractivity contribution in [1.29, 1.82) is 0 Å². The number of carbonyl (C=O) groups excluding carboxylic acids is 3. The molecule has 1 atom stereocenters. The van der Waals surface area contributed by atoms with Gasteiger partial charge in [0.2, 0.25) is 5.91 Å². The number of benzene rings is 1. The molecule has 0 unspecified atom stereocenters. The molecule has 1 saturated carbocycles. The summed E-state index contributed by atoms with van der Waals surface area (Å²) in [4.78, 5) is 37.6. The van der Waals surface area contributed by atoms with E-state index in [1.165, 1.54) is 11.9 Å². The van der Waals surface area contributed by atoms with Crippen LogP contribution in [0.3, 0.4) is 0 Å². The predicted molar refractivity (Wildman–Crippen MR) is 98.8 cm³/mol. The number of hydrogen-bond acceptors (Lipinski definition) is 4. The van der Waals surface area contributed by atoms with Gasteiger partial charge in [0.05, 0.1) is 12.5 Å². The molecule has 1 aromatic carbocycles. The van der Waals surface area contributed by atoms with E-state index >= 15 is 0 Å². The van der Waals surface area contributed by atoms with E-state index in [4.69, 9.17) is 16.3 Å². The summed E-state index contributed by atoms with van der Waals surface area (Å²) in [6.07, 6.45) is 1.98. The minimum absolute atomic E-state index is 0.000765. The van der Waals surface area contributed by atoms with Crippen LogP contribution in [0, 0.1) is 5.92 Å². The lowest BCUT2D eigenvalue weighted by atomic mass is 9.88. The summed E-state index contributed by atoms with van der Waals surface area (Å²) in [5, 5.41) is 3.40. The molecular formula is C19H25ClN2O4. The molecule has 0 aliphatic heterocycles. The highest BCUT2D eigenvalue weighted by molar-refractivity contribution is 6.30. The first kappa shape index (κ1) is 20.2. The minimum atomic E-state index is -0.483. The third-order valence-corrected chi connectivity index (χ3v) is 4.49. The number of nitrogens with zero attached hydrogens (tertiary/aromatic N) is 1. The third-order valence-electron chi connectivity index (χ3n) is 4.24. The average molecular weight is 381 g/mol. The Bertz CT molecular complexity index is 656. The highest BCUT2D eigenvalue weighted by atomic mass is 35.5. The van der Waals surface area contributed by atoms with Crippen LogP contribution in [-0.4, -0.2) is 48.9 Å². The zero-order valence-electron chi connectivity index (χ0n) is 15.3. The summed E-state index contributed by atoms with van der Waals surface area (Å²) in [5.41, 5.74) is 0.791. The van der Waals surface area contributed by atoms with Gasteiger partial charge in [-0.2, -0.15) is 0 Å². The van der Waals surface area contributed by atoms with Crippen LogP contribution < -0.4 is 5.32 Å². The second-order valence-corrected chi connectivity index (χ2v) is 7.41. The molecule has 1 aliphatic carbocycles. The quantitative estimate of drug-likeness (QED) is 0.702. The Hall–Kier alpha value is -2.08. The van der Waals surface area contributed by atoms with Crippen molar-refractivity contribution in [3.8, 4) is 0 Å². The number of hydrogen-bond donors (Lipinski definition) is 1. The summed E-state index contributed by atoms with van der Waals surface area (Å²) >= 11 is 5.89. The third kappa shape index (κ3) is 6.02. The monoisotopic (exact) mass is 380 g/mol. The maximum Gasteiger partial charge on any atom is 0.314 e. The Kier molecular flexibility index (Phi) is 7.03. The lowest BCUT2D eigenvalue weighted by Crippen LogP contribution is -2.41. The van der Waals surface area contributed by atoms with Crippen molar-refractivity contribution in [3.63, 3.8) is 0 Å². The lowest BCUT2D eigenvalue weighted by Gasteiger charge is -2.21. The van der Waals surface area contributed by atoms with Gasteiger partial charge in [-0.15, -0.1) is 0 Å². The first-order valence-corrected chi connectivity index (χ1v) is 9.11. The SMILES string of the molecule is CC(C)[C@H](C(=O)OCC(=O)N(C)CC(=O)NC1CC1)c1ccc(Cl)cc1. The van der Waals surface area contributed by atoms with Crippen LogP contribution >= 0.6 is 11.6 Å². The van der Waals surface area contributed by atoms with Crippen LogP contribution in [0.5, 0.6) is 0 Å². The zero-order chi connectivity index (χ0) is 19.3. The maximum absolute atomic E-state index is 12.5. The summed E-state index contributed by atoms with van der Waals surface area (Å²) in [5.74, 6) is -1.56. The zero-order valence-corrected chi connectivity index (χ0v) is 16.1. The minimum Gasteiger partial charge on any atom is -0.455 e. The summed E-state index contributed by atoms with van der Waals surface area (Å²) in [7, 11) is 1.52. The standard InChI is InChI=1S/C19H25ClN2O4/c1-12(2)18(13-4-6-14(20)7-5-13)19(25)26-11-17(24)22(3)10-16(23)21-15-8-9-15/h4-7,12,15,18H,8-11H2,1-3H3,(H,21,23)/t18-/m0/s1. The number of likely N-dealkylation sites (N-methyl/N-ethyl adjacent to an activating group) is 1. The molecule has 7 heteroatoms. The van der Waals surface area contributed by atoms with Gasteiger partial charge in [0.15, 0.2) is 6.61 Å². The lowest BCUT2D eigenvalue weighted by molar-refractivity contribution is -0.154. The van der Waals surface area contributed by atoms with E-state index in [0.29, 0.717) is 5.02 Å². The molecule has 0 spiro atoms. The molecule has 2 amide bonds. The number of halogens is 1. The molecule has 1 aromatic rings. The van der Waals surface area contributed by atoms with Crippen molar-refractivity contribution in [2.45, 2.75) is 38.6 Å². The van der Waals surface area contributed by atoms with Crippen molar-refractivity contribution < 1.29 is 19.1 Å². The van der Waals surface area contributed by atoms with Gasteiger partial charge in [-0.3, -0.25) is 14.4 Å². The van der Waals surface area contributed by atoms with Gasteiger partial charge in [0.1, 0.15) is 0 Å². The highest BCUT2D eigenvalue weighted by Crippen LogP contribution is 2.27. The van der Waals surface area contributed by atoms with Gasteiger partial charge >= 0.3 is 5.97 Å². The van der Waals surface area contributed by atoms with Crippen LogP contribution in [0.4, 0.5) is 0 Å². The van der Waals surface area contributed by atoms with Crippen molar-refractivity contribution in [1.82, 2.24) is 10.2 Å². The van der Waals surface area contributed by atoms with Gasteiger partial charge in [0.25, 0.3) is 5.91 Å². The first-order chi connectivity index (χ1) is 12.3. The average Bonchev–Trinajstić information content (AvgIpc) is 3.38. The molecule has 1 aliphatic rings. The molecule has 6 nitrogen and oxygen atoms in total. The Balaban J connectivity index is 1.86. The van der Waals surface area contributed by atoms with E-state index in [9.17, 15) is 14.4 Å². The van der Waals surface area contributed by atoms with Gasteiger partial charge in [-0.05, 0) is 36.5 Å². The van der Waals surface area contributed by atoms with Crippen molar-refractivity contribution in [2.24, 2.45) is 5.92 Å². The topological polar surface area (TPSA) is 75.7 Å². The fourth-order valence-corrected chi connectivity index (χ4v) is 2.73. The van der Waals surface area contributed by atoms with E-state index in [1.807, 2.05) is 13.8 Å².